The minimum absolute atomic E-state index is 0. The molecule has 0 spiro atoms. The summed E-state index contributed by atoms with van der Waals surface area (Å²) in [6.07, 6.45) is 0. The lowest BCUT2D eigenvalue weighted by Crippen LogP contribution is -2.26. The third kappa shape index (κ3) is 7.43. The van der Waals surface area contributed by atoms with E-state index in [1.54, 1.807) is 7.05 Å². The van der Waals surface area contributed by atoms with Gasteiger partial charge >= 0.3 is 0 Å². The molecule has 0 bridgehead atoms. The maximum Gasteiger partial charge on any atom is 0.219 e. The average Bonchev–Trinajstić information content (AvgIpc) is 1.67. The maximum absolute atomic E-state index is 10.3. The maximum atomic E-state index is 10.3. The Morgan fingerprint density at radius 1 is 1.50 bits per heavy atom. The Hall–Kier alpha value is -0.570. The number of likely N-dealkylation sites (N-methyl/N-ethyl adjacent to an activating group) is 1. The molecule has 0 heterocycles. The van der Waals surface area contributed by atoms with Crippen LogP contribution in [0.5, 0.6) is 0 Å². The number of rotatable bonds is 2. The monoisotopic (exact) mass is 149 g/mol. The van der Waals surface area contributed by atoms with Crippen LogP contribution in [0.3, 0.4) is 0 Å². The molecule has 0 saturated carbocycles. The fraction of sp³-hybridized carbons (Fsp3) is 0.857. The molecule has 0 atom stereocenters. The molecule has 0 saturated heterocycles. The van der Waals surface area contributed by atoms with Crippen molar-refractivity contribution < 1.29 is 9.90 Å². The van der Waals surface area contributed by atoms with Gasteiger partial charge in [-0.3, -0.25) is 4.79 Å². The van der Waals surface area contributed by atoms with Gasteiger partial charge in [0.15, 0.2) is 0 Å². The molecule has 1 N–H and O–H groups in total. The van der Waals surface area contributed by atoms with Gasteiger partial charge in [0.05, 0.1) is 6.61 Å². The van der Waals surface area contributed by atoms with Gasteiger partial charge in [-0.2, -0.15) is 0 Å². The molecule has 0 aliphatic heterocycles. The largest absolute Gasteiger partial charge is 0.395 e. The van der Waals surface area contributed by atoms with Crippen LogP contribution in [-0.2, 0) is 4.79 Å². The molecule has 1 amide bonds. The summed E-state index contributed by atoms with van der Waals surface area (Å²) in [6.45, 7) is 1.93. The first-order valence-corrected chi connectivity index (χ1v) is 2.51. The fourth-order valence-corrected chi connectivity index (χ4v) is 0.307. The minimum Gasteiger partial charge on any atom is -0.395 e. The van der Waals surface area contributed by atoms with Crippen molar-refractivity contribution in [1.82, 2.24) is 4.90 Å². The van der Waals surface area contributed by atoms with Crippen molar-refractivity contribution in [2.24, 2.45) is 0 Å². The molecule has 0 unspecified atom stereocenters. The van der Waals surface area contributed by atoms with Crippen molar-refractivity contribution >= 4 is 5.91 Å². The third-order valence-corrected chi connectivity index (χ3v) is 0.973. The van der Waals surface area contributed by atoms with E-state index in [1.807, 2.05) is 0 Å². The number of hydrogen-bond donors (Lipinski definition) is 1. The number of carbonyl (C=O) groups is 1. The van der Waals surface area contributed by atoms with Gasteiger partial charge in [-0.05, 0) is 0 Å². The van der Waals surface area contributed by atoms with E-state index < -0.39 is 0 Å². The van der Waals surface area contributed by atoms with Crippen LogP contribution >= 0.6 is 0 Å². The number of aliphatic hydroxyl groups is 1. The molecule has 10 heavy (non-hydrogen) atoms. The SMILES string of the molecule is C.C.CC(=O)N(C)CCO. The van der Waals surface area contributed by atoms with Gasteiger partial charge in [0.1, 0.15) is 0 Å². The zero-order valence-electron chi connectivity index (χ0n) is 5.22. The highest BCUT2D eigenvalue weighted by molar-refractivity contribution is 5.72. The summed E-state index contributed by atoms with van der Waals surface area (Å²) >= 11 is 0. The first-order chi connectivity index (χ1) is 3.68. The van der Waals surface area contributed by atoms with Crippen molar-refractivity contribution in [2.75, 3.05) is 20.2 Å². The predicted octanol–water partition coefficient (Wildman–Crippen LogP) is 0.729. The summed E-state index contributed by atoms with van der Waals surface area (Å²) in [5.74, 6) is -0.0148. The lowest BCUT2D eigenvalue weighted by atomic mass is 10.5. The average molecular weight is 149 g/mol. The van der Waals surface area contributed by atoms with Crippen molar-refractivity contribution in [3.05, 3.63) is 0 Å². The zero-order valence-corrected chi connectivity index (χ0v) is 5.22. The highest BCUT2D eigenvalue weighted by Gasteiger charge is 1.97. The van der Waals surface area contributed by atoms with Crippen LogP contribution in [0.15, 0.2) is 0 Å². The molecule has 0 aliphatic rings. The van der Waals surface area contributed by atoms with Crippen molar-refractivity contribution in [3.8, 4) is 0 Å². The second kappa shape index (κ2) is 8.43. The molecule has 3 heteroatoms. The van der Waals surface area contributed by atoms with E-state index in [2.05, 4.69) is 0 Å². The van der Waals surface area contributed by atoms with Crippen LogP contribution in [-0.4, -0.2) is 36.1 Å². The zero-order chi connectivity index (χ0) is 6.57. The van der Waals surface area contributed by atoms with Crippen LogP contribution < -0.4 is 0 Å². The Labute approximate surface area is 63.7 Å². The normalized spacial score (nSPS) is 7.10. The summed E-state index contributed by atoms with van der Waals surface area (Å²) in [6, 6.07) is 0. The molecule has 0 aliphatic carbocycles. The highest BCUT2D eigenvalue weighted by atomic mass is 16.3. The van der Waals surface area contributed by atoms with Crippen LogP contribution in [0, 0.1) is 0 Å². The third-order valence-electron chi connectivity index (χ3n) is 0.973. The first kappa shape index (κ1) is 16.2. The summed E-state index contributed by atoms with van der Waals surface area (Å²) in [4.78, 5) is 11.8. The molecule has 0 aromatic heterocycles. The number of amides is 1. The Kier molecular flexibility index (Phi) is 13.7. The first-order valence-electron chi connectivity index (χ1n) is 2.51. The molecule has 64 valence electrons. The van der Waals surface area contributed by atoms with Crippen molar-refractivity contribution in [1.29, 1.82) is 0 Å². The van der Waals surface area contributed by atoms with E-state index in [-0.39, 0.29) is 27.4 Å². The highest BCUT2D eigenvalue weighted by Crippen LogP contribution is 1.79. The lowest BCUT2D eigenvalue weighted by Gasteiger charge is -2.11. The van der Waals surface area contributed by atoms with E-state index in [0.29, 0.717) is 6.54 Å². The van der Waals surface area contributed by atoms with Crippen LogP contribution in [0.25, 0.3) is 0 Å². The number of carbonyl (C=O) groups excluding carboxylic acids is 1. The molecular weight excluding hydrogens is 130 g/mol. The summed E-state index contributed by atoms with van der Waals surface area (Å²) < 4.78 is 0. The molecule has 0 radical (unpaired) electrons. The molecular formula is C7H19NO2. The Morgan fingerprint density at radius 3 is 2.00 bits per heavy atom. The van der Waals surface area contributed by atoms with E-state index >= 15 is 0 Å². The van der Waals surface area contributed by atoms with Gasteiger partial charge in [-0.15, -0.1) is 0 Å². The fourth-order valence-electron chi connectivity index (χ4n) is 0.307. The molecule has 0 fully saturated rings. The van der Waals surface area contributed by atoms with E-state index in [9.17, 15) is 4.79 Å². The Bertz CT molecular complexity index is 83.7. The summed E-state index contributed by atoms with van der Waals surface area (Å²) in [7, 11) is 1.65. The number of nitrogens with zero attached hydrogens (tertiary/aromatic N) is 1. The smallest absolute Gasteiger partial charge is 0.219 e. The number of aliphatic hydroxyl groups excluding tert-OH is 1. The van der Waals surface area contributed by atoms with Gasteiger partial charge < -0.3 is 10.0 Å². The predicted molar refractivity (Wildman–Crippen MR) is 43.9 cm³/mol. The molecule has 0 aromatic rings. The van der Waals surface area contributed by atoms with Crippen LogP contribution in [0.4, 0.5) is 0 Å². The van der Waals surface area contributed by atoms with E-state index in [0.717, 1.165) is 0 Å². The minimum atomic E-state index is -0.0148. The van der Waals surface area contributed by atoms with Crippen molar-refractivity contribution in [2.45, 2.75) is 21.8 Å². The molecule has 0 rings (SSSR count). The van der Waals surface area contributed by atoms with Gasteiger partial charge in [0.25, 0.3) is 0 Å². The number of hydrogen-bond acceptors (Lipinski definition) is 2. The molecule has 3 nitrogen and oxygen atoms in total. The quantitative estimate of drug-likeness (QED) is 0.628. The Morgan fingerprint density at radius 2 is 1.90 bits per heavy atom. The summed E-state index contributed by atoms with van der Waals surface area (Å²) in [5, 5.41) is 8.29. The van der Waals surface area contributed by atoms with Gasteiger partial charge in [0, 0.05) is 20.5 Å². The second-order valence-electron chi connectivity index (χ2n) is 1.66. The Balaban J connectivity index is -0.000000245. The lowest BCUT2D eigenvalue weighted by molar-refractivity contribution is -0.127. The standard InChI is InChI=1S/C5H11NO2.2CH4/c1-5(8)6(2)3-4-7;;/h7H,3-4H2,1-2H3;2*1H4. The molecule has 0 aromatic carbocycles. The van der Waals surface area contributed by atoms with Crippen LogP contribution in [0.2, 0.25) is 0 Å². The summed E-state index contributed by atoms with van der Waals surface area (Å²) in [5.41, 5.74) is 0. The topological polar surface area (TPSA) is 40.5 Å². The van der Waals surface area contributed by atoms with Crippen LogP contribution in [0.1, 0.15) is 21.8 Å². The van der Waals surface area contributed by atoms with Crippen molar-refractivity contribution in [3.63, 3.8) is 0 Å². The van der Waals surface area contributed by atoms with Gasteiger partial charge in [0.2, 0.25) is 5.91 Å². The van der Waals surface area contributed by atoms with Gasteiger partial charge in [-0.25, -0.2) is 0 Å². The van der Waals surface area contributed by atoms with E-state index in [4.69, 9.17) is 5.11 Å². The second-order valence-corrected chi connectivity index (χ2v) is 1.66. The van der Waals surface area contributed by atoms with E-state index in [1.165, 1.54) is 11.8 Å². The van der Waals surface area contributed by atoms with Gasteiger partial charge in [-0.1, -0.05) is 14.9 Å².